The number of rotatable bonds is 5. The van der Waals surface area contributed by atoms with E-state index in [0.29, 0.717) is 6.04 Å². The summed E-state index contributed by atoms with van der Waals surface area (Å²) in [6.07, 6.45) is 8.47. The fourth-order valence-electron chi connectivity index (χ4n) is 3.05. The number of carbonyl (C=O) groups is 1. The third kappa shape index (κ3) is 3.30. The Morgan fingerprint density at radius 1 is 1.50 bits per heavy atom. The number of aryl methyl sites for hydroxylation is 1. The van der Waals surface area contributed by atoms with Crippen LogP contribution in [0.15, 0.2) is 36.9 Å². The largest absolute Gasteiger partial charge is 0.490 e. The molecule has 116 valence electrons. The molecule has 0 amide bonds. The number of carboxylic acid groups (broad SMARTS) is 1. The van der Waals surface area contributed by atoms with Gasteiger partial charge in [0.1, 0.15) is 11.9 Å². The maximum absolute atomic E-state index is 10.7. The van der Waals surface area contributed by atoms with Crippen molar-refractivity contribution in [2.24, 2.45) is 0 Å². The Bertz CT molecular complexity index is 652. The van der Waals surface area contributed by atoms with Crippen LogP contribution < -0.4 is 4.74 Å². The normalized spacial score (nSPS) is 18.5. The van der Waals surface area contributed by atoms with Crippen molar-refractivity contribution in [1.82, 2.24) is 9.55 Å². The zero-order valence-corrected chi connectivity index (χ0v) is 12.6. The number of aliphatic carboxylic acids is 1. The molecule has 0 saturated heterocycles. The SMILES string of the molecule is CC(CC(=O)O)Oc1ccc2c(c1)CC(n1ccnc1)CC2. The molecular weight excluding hydrogens is 280 g/mol. The van der Waals surface area contributed by atoms with E-state index in [1.807, 2.05) is 24.8 Å². The molecule has 1 aliphatic carbocycles. The van der Waals surface area contributed by atoms with E-state index in [2.05, 4.69) is 21.7 Å². The zero-order chi connectivity index (χ0) is 15.5. The van der Waals surface area contributed by atoms with Crippen molar-refractivity contribution in [3.8, 4) is 5.75 Å². The van der Waals surface area contributed by atoms with Gasteiger partial charge in [-0.2, -0.15) is 0 Å². The molecule has 1 heterocycles. The molecule has 0 aliphatic heterocycles. The molecule has 2 atom stereocenters. The molecule has 3 rings (SSSR count). The first kappa shape index (κ1) is 14.6. The second-order valence-electron chi connectivity index (χ2n) is 5.86. The van der Waals surface area contributed by atoms with E-state index in [9.17, 15) is 4.79 Å². The van der Waals surface area contributed by atoms with Crippen molar-refractivity contribution in [3.63, 3.8) is 0 Å². The van der Waals surface area contributed by atoms with E-state index >= 15 is 0 Å². The van der Waals surface area contributed by atoms with E-state index in [1.54, 1.807) is 6.92 Å². The summed E-state index contributed by atoms with van der Waals surface area (Å²) in [6.45, 7) is 1.78. The molecule has 0 bridgehead atoms. The predicted molar refractivity (Wildman–Crippen MR) is 82.1 cm³/mol. The van der Waals surface area contributed by atoms with Crippen molar-refractivity contribution >= 4 is 5.97 Å². The van der Waals surface area contributed by atoms with Gasteiger partial charge in [0.25, 0.3) is 0 Å². The third-order valence-corrected chi connectivity index (χ3v) is 4.13. The van der Waals surface area contributed by atoms with Gasteiger partial charge in [-0.1, -0.05) is 6.07 Å². The summed E-state index contributed by atoms with van der Waals surface area (Å²) in [5.74, 6) is -0.0931. The predicted octanol–water partition coefficient (Wildman–Crippen LogP) is 2.86. The minimum atomic E-state index is -0.842. The Kier molecular flexibility index (Phi) is 4.13. The molecule has 1 aromatic carbocycles. The number of ether oxygens (including phenoxy) is 1. The number of hydrogen-bond acceptors (Lipinski definition) is 3. The highest BCUT2D eigenvalue weighted by Crippen LogP contribution is 2.31. The Morgan fingerprint density at radius 3 is 3.09 bits per heavy atom. The van der Waals surface area contributed by atoms with Crippen molar-refractivity contribution in [2.45, 2.75) is 44.8 Å². The lowest BCUT2D eigenvalue weighted by atomic mass is 9.88. The molecule has 0 saturated carbocycles. The van der Waals surface area contributed by atoms with Crippen LogP contribution in [0.2, 0.25) is 0 Å². The molecule has 0 radical (unpaired) electrons. The number of fused-ring (bicyclic) bond motifs is 1. The summed E-state index contributed by atoms with van der Waals surface area (Å²) >= 11 is 0. The first-order valence-corrected chi connectivity index (χ1v) is 7.59. The van der Waals surface area contributed by atoms with E-state index in [1.165, 1.54) is 11.1 Å². The maximum Gasteiger partial charge on any atom is 0.307 e. The first-order valence-electron chi connectivity index (χ1n) is 7.59. The van der Waals surface area contributed by atoms with E-state index in [-0.39, 0.29) is 12.5 Å². The topological polar surface area (TPSA) is 64.3 Å². The molecule has 1 N–H and O–H groups in total. The van der Waals surface area contributed by atoms with Gasteiger partial charge in [-0.05, 0) is 49.4 Å². The Hall–Kier alpha value is -2.30. The summed E-state index contributed by atoms with van der Waals surface area (Å²) in [7, 11) is 0. The van der Waals surface area contributed by atoms with Gasteiger partial charge in [0.15, 0.2) is 0 Å². The summed E-state index contributed by atoms with van der Waals surface area (Å²) in [4.78, 5) is 14.8. The first-order chi connectivity index (χ1) is 10.6. The number of benzene rings is 1. The van der Waals surface area contributed by atoms with Crippen LogP contribution >= 0.6 is 0 Å². The van der Waals surface area contributed by atoms with Crippen LogP contribution in [0.25, 0.3) is 0 Å². The summed E-state index contributed by atoms with van der Waals surface area (Å²) in [5.41, 5.74) is 2.64. The van der Waals surface area contributed by atoms with Gasteiger partial charge < -0.3 is 14.4 Å². The minimum Gasteiger partial charge on any atom is -0.490 e. The minimum absolute atomic E-state index is 0.00868. The van der Waals surface area contributed by atoms with E-state index in [0.717, 1.165) is 25.0 Å². The maximum atomic E-state index is 10.7. The molecule has 2 unspecified atom stereocenters. The summed E-state index contributed by atoms with van der Waals surface area (Å²) in [6, 6.07) is 6.52. The van der Waals surface area contributed by atoms with Gasteiger partial charge in [0.2, 0.25) is 0 Å². The number of imidazole rings is 1. The Labute approximate surface area is 129 Å². The fraction of sp³-hybridized carbons (Fsp3) is 0.412. The van der Waals surface area contributed by atoms with Crippen LogP contribution in [0.3, 0.4) is 0 Å². The standard InChI is InChI=1S/C17H20N2O3/c1-12(8-17(20)21)22-16-5-3-13-2-4-15(9-14(13)10-16)19-7-6-18-11-19/h3,5-7,10-12,15H,2,4,8-9H2,1H3,(H,20,21). The van der Waals surface area contributed by atoms with Gasteiger partial charge in [-0.15, -0.1) is 0 Å². The van der Waals surface area contributed by atoms with Crippen LogP contribution in [-0.2, 0) is 17.6 Å². The molecule has 1 aliphatic rings. The highest BCUT2D eigenvalue weighted by Gasteiger charge is 2.20. The van der Waals surface area contributed by atoms with Crippen molar-refractivity contribution < 1.29 is 14.6 Å². The molecule has 1 aromatic heterocycles. The van der Waals surface area contributed by atoms with Gasteiger partial charge in [0.05, 0.1) is 12.7 Å². The quantitative estimate of drug-likeness (QED) is 0.922. The van der Waals surface area contributed by atoms with Crippen LogP contribution in [-0.4, -0.2) is 26.7 Å². The van der Waals surface area contributed by atoms with Crippen molar-refractivity contribution in [3.05, 3.63) is 48.0 Å². The Balaban J connectivity index is 1.73. The summed E-state index contributed by atoms with van der Waals surface area (Å²) in [5, 5.41) is 8.81. The number of aromatic nitrogens is 2. The smallest absolute Gasteiger partial charge is 0.307 e. The van der Waals surface area contributed by atoms with Crippen LogP contribution in [0.4, 0.5) is 0 Å². The molecule has 5 heteroatoms. The van der Waals surface area contributed by atoms with Gasteiger partial charge in [-0.3, -0.25) is 4.79 Å². The lowest BCUT2D eigenvalue weighted by molar-refractivity contribution is -0.138. The molecular formula is C17H20N2O3. The second kappa shape index (κ2) is 6.22. The third-order valence-electron chi connectivity index (χ3n) is 4.13. The van der Waals surface area contributed by atoms with Crippen molar-refractivity contribution in [1.29, 1.82) is 0 Å². The Morgan fingerprint density at radius 2 is 2.36 bits per heavy atom. The lowest BCUT2D eigenvalue weighted by Crippen LogP contribution is -2.19. The molecule has 2 aromatic rings. The molecule has 0 fully saturated rings. The average molecular weight is 300 g/mol. The van der Waals surface area contributed by atoms with Crippen LogP contribution in [0.1, 0.15) is 36.9 Å². The average Bonchev–Trinajstić information content (AvgIpc) is 2.99. The van der Waals surface area contributed by atoms with Crippen molar-refractivity contribution in [2.75, 3.05) is 0 Å². The molecule has 5 nitrogen and oxygen atoms in total. The van der Waals surface area contributed by atoms with Crippen LogP contribution in [0, 0.1) is 0 Å². The second-order valence-corrected chi connectivity index (χ2v) is 5.86. The van der Waals surface area contributed by atoms with Gasteiger partial charge >= 0.3 is 5.97 Å². The number of carboxylic acids is 1. The highest BCUT2D eigenvalue weighted by molar-refractivity contribution is 5.67. The summed E-state index contributed by atoms with van der Waals surface area (Å²) < 4.78 is 7.87. The van der Waals surface area contributed by atoms with Gasteiger partial charge in [0, 0.05) is 18.4 Å². The van der Waals surface area contributed by atoms with Crippen LogP contribution in [0.5, 0.6) is 5.75 Å². The van der Waals surface area contributed by atoms with Gasteiger partial charge in [-0.25, -0.2) is 4.98 Å². The fourth-order valence-corrected chi connectivity index (χ4v) is 3.05. The number of hydrogen-bond donors (Lipinski definition) is 1. The molecule has 0 spiro atoms. The number of nitrogens with zero attached hydrogens (tertiary/aromatic N) is 2. The van der Waals surface area contributed by atoms with E-state index < -0.39 is 5.97 Å². The lowest BCUT2D eigenvalue weighted by Gasteiger charge is -2.26. The highest BCUT2D eigenvalue weighted by atomic mass is 16.5. The van der Waals surface area contributed by atoms with E-state index in [4.69, 9.17) is 9.84 Å². The molecule has 22 heavy (non-hydrogen) atoms. The zero-order valence-electron chi connectivity index (χ0n) is 12.6. The monoisotopic (exact) mass is 300 g/mol.